The summed E-state index contributed by atoms with van der Waals surface area (Å²) in [6.07, 6.45) is 3.88. The van der Waals surface area contributed by atoms with E-state index in [9.17, 15) is 17.6 Å². The lowest BCUT2D eigenvalue weighted by molar-refractivity contribution is 0.100. The summed E-state index contributed by atoms with van der Waals surface area (Å²) in [7, 11) is -2.80. The fourth-order valence-corrected chi connectivity index (χ4v) is 4.46. The number of sulfonamides is 1. The number of nitrogens with two attached hydrogens (primary N) is 1. The molecule has 0 radical (unpaired) electrons. The molecule has 0 saturated carbocycles. The Bertz CT molecular complexity index is 941. The second-order valence-corrected chi connectivity index (χ2v) is 8.08. The highest BCUT2D eigenvalue weighted by molar-refractivity contribution is 7.92. The Morgan fingerprint density at radius 3 is 2.48 bits per heavy atom. The van der Waals surface area contributed by atoms with Gasteiger partial charge in [0.2, 0.25) is 0 Å². The van der Waals surface area contributed by atoms with E-state index in [2.05, 4.69) is 0 Å². The third kappa shape index (κ3) is 3.11. The molecule has 0 bridgehead atoms. The third-order valence-corrected chi connectivity index (χ3v) is 6.30. The van der Waals surface area contributed by atoms with E-state index >= 15 is 0 Å². The molecule has 0 fully saturated rings. The summed E-state index contributed by atoms with van der Waals surface area (Å²) in [5.41, 5.74) is 6.90. The van der Waals surface area contributed by atoms with Gasteiger partial charge in [-0.1, -0.05) is 12.1 Å². The van der Waals surface area contributed by atoms with Gasteiger partial charge in [0.05, 0.1) is 16.1 Å². The van der Waals surface area contributed by atoms with Crippen molar-refractivity contribution in [1.82, 2.24) is 0 Å². The monoisotopic (exact) mass is 362 g/mol. The highest BCUT2D eigenvalue weighted by atomic mass is 32.2. The second kappa shape index (κ2) is 6.48. The molecule has 0 aromatic heterocycles. The van der Waals surface area contributed by atoms with Crippen molar-refractivity contribution in [2.75, 3.05) is 11.4 Å². The molecule has 1 aliphatic carbocycles. The number of amides is 1. The van der Waals surface area contributed by atoms with Crippen molar-refractivity contribution in [3.63, 3.8) is 0 Å². The maximum absolute atomic E-state index is 14.3. The Hall–Kier alpha value is -2.41. The van der Waals surface area contributed by atoms with Gasteiger partial charge in [-0.3, -0.25) is 9.10 Å². The molecular weight excluding hydrogens is 343 g/mol. The first-order valence-electron chi connectivity index (χ1n) is 8.01. The number of para-hydroxylation sites is 1. The molecule has 7 heteroatoms. The van der Waals surface area contributed by atoms with Crippen LogP contribution in [0.25, 0.3) is 0 Å². The highest BCUT2D eigenvalue weighted by Crippen LogP contribution is 2.30. The summed E-state index contributed by atoms with van der Waals surface area (Å²) < 4.78 is 41.0. The van der Waals surface area contributed by atoms with Gasteiger partial charge >= 0.3 is 0 Å². The maximum atomic E-state index is 14.3. The van der Waals surface area contributed by atoms with E-state index in [0.29, 0.717) is 0 Å². The van der Waals surface area contributed by atoms with Crippen LogP contribution in [0, 0.1) is 5.82 Å². The first-order chi connectivity index (χ1) is 11.8. The molecule has 0 spiro atoms. The van der Waals surface area contributed by atoms with Gasteiger partial charge in [0.1, 0.15) is 5.82 Å². The van der Waals surface area contributed by atoms with Crippen molar-refractivity contribution in [3.8, 4) is 0 Å². The van der Waals surface area contributed by atoms with Gasteiger partial charge in [-0.25, -0.2) is 12.8 Å². The Kier molecular flexibility index (Phi) is 4.51. The number of aryl methyl sites for hydroxylation is 2. The fourth-order valence-electron chi connectivity index (χ4n) is 3.18. The number of primary amides is 1. The van der Waals surface area contributed by atoms with E-state index in [0.717, 1.165) is 47.2 Å². The molecule has 0 unspecified atom stereocenters. The molecule has 2 aromatic rings. The van der Waals surface area contributed by atoms with Gasteiger partial charge in [-0.2, -0.15) is 0 Å². The predicted molar refractivity (Wildman–Crippen MR) is 93.6 cm³/mol. The standard InChI is InChI=1S/C18H19FN2O3S/c1-21(17-15(18(20)22)7-4-8-16(17)19)25(23,24)14-10-9-12-5-2-3-6-13(12)11-14/h4,7-11H,2-3,5-6H2,1H3,(H2,20,22). The molecule has 3 rings (SSSR count). The summed E-state index contributed by atoms with van der Waals surface area (Å²) in [4.78, 5) is 11.6. The van der Waals surface area contributed by atoms with E-state index in [-0.39, 0.29) is 16.1 Å². The molecule has 0 saturated heterocycles. The van der Waals surface area contributed by atoms with Crippen LogP contribution in [-0.4, -0.2) is 21.4 Å². The minimum Gasteiger partial charge on any atom is -0.366 e. The molecular formula is C18H19FN2O3S. The zero-order chi connectivity index (χ0) is 18.2. The van der Waals surface area contributed by atoms with E-state index in [4.69, 9.17) is 5.73 Å². The van der Waals surface area contributed by atoms with Gasteiger partial charge in [-0.05, 0) is 61.1 Å². The van der Waals surface area contributed by atoms with E-state index in [1.807, 2.05) is 6.07 Å². The number of nitrogens with zero attached hydrogens (tertiary/aromatic N) is 1. The maximum Gasteiger partial charge on any atom is 0.264 e. The predicted octanol–water partition coefficient (Wildman–Crippen LogP) is 2.63. The summed E-state index contributed by atoms with van der Waals surface area (Å²) in [5, 5.41) is 0. The van der Waals surface area contributed by atoms with Crippen molar-refractivity contribution in [2.24, 2.45) is 5.73 Å². The smallest absolute Gasteiger partial charge is 0.264 e. The number of anilines is 1. The fraction of sp³-hybridized carbons (Fsp3) is 0.278. The van der Waals surface area contributed by atoms with Crippen LogP contribution in [0.5, 0.6) is 0 Å². The molecule has 2 aromatic carbocycles. The molecule has 1 amide bonds. The molecule has 5 nitrogen and oxygen atoms in total. The lowest BCUT2D eigenvalue weighted by Crippen LogP contribution is -2.30. The van der Waals surface area contributed by atoms with E-state index in [1.54, 1.807) is 6.07 Å². The minimum absolute atomic E-state index is 0.0781. The third-order valence-electron chi connectivity index (χ3n) is 4.55. The zero-order valence-corrected chi connectivity index (χ0v) is 14.6. The van der Waals surface area contributed by atoms with Gasteiger partial charge in [0.15, 0.2) is 0 Å². The quantitative estimate of drug-likeness (QED) is 0.908. The van der Waals surface area contributed by atoms with Gasteiger partial charge < -0.3 is 5.73 Å². The molecule has 0 aliphatic heterocycles. The number of hydrogen-bond acceptors (Lipinski definition) is 3. The first kappa shape index (κ1) is 17.4. The Labute approximate surface area is 146 Å². The lowest BCUT2D eigenvalue weighted by atomic mass is 9.92. The van der Waals surface area contributed by atoms with Crippen molar-refractivity contribution < 1.29 is 17.6 Å². The number of carbonyl (C=O) groups is 1. The lowest BCUT2D eigenvalue weighted by Gasteiger charge is -2.23. The number of fused-ring (bicyclic) bond motifs is 1. The average Bonchev–Trinajstić information content (AvgIpc) is 2.60. The van der Waals surface area contributed by atoms with Crippen LogP contribution in [-0.2, 0) is 22.9 Å². The second-order valence-electron chi connectivity index (χ2n) is 6.11. The highest BCUT2D eigenvalue weighted by Gasteiger charge is 2.28. The largest absolute Gasteiger partial charge is 0.366 e. The van der Waals surface area contributed by atoms with Crippen LogP contribution in [0.2, 0.25) is 0 Å². The Morgan fingerprint density at radius 2 is 1.80 bits per heavy atom. The number of hydrogen-bond donors (Lipinski definition) is 1. The van der Waals surface area contributed by atoms with E-state index in [1.165, 1.54) is 25.2 Å². The Balaban J connectivity index is 2.08. The number of rotatable bonds is 4. The van der Waals surface area contributed by atoms with E-state index < -0.39 is 21.7 Å². The zero-order valence-electron chi connectivity index (χ0n) is 13.8. The number of carbonyl (C=O) groups excluding carboxylic acids is 1. The number of halogens is 1. The van der Waals surface area contributed by atoms with Crippen LogP contribution < -0.4 is 10.0 Å². The molecule has 1 aliphatic rings. The molecule has 2 N–H and O–H groups in total. The first-order valence-corrected chi connectivity index (χ1v) is 9.45. The topological polar surface area (TPSA) is 80.5 Å². The number of benzene rings is 2. The molecule has 0 heterocycles. The van der Waals surface area contributed by atoms with Crippen LogP contribution in [0.15, 0.2) is 41.3 Å². The Morgan fingerprint density at radius 1 is 1.12 bits per heavy atom. The molecule has 25 heavy (non-hydrogen) atoms. The van der Waals surface area contributed by atoms with Crippen molar-refractivity contribution in [2.45, 2.75) is 30.6 Å². The van der Waals surface area contributed by atoms with Crippen LogP contribution in [0.3, 0.4) is 0 Å². The van der Waals surface area contributed by atoms with Gasteiger partial charge in [0, 0.05) is 7.05 Å². The summed E-state index contributed by atoms with van der Waals surface area (Å²) >= 11 is 0. The summed E-state index contributed by atoms with van der Waals surface area (Å²) in [6.45, 7) is 0. The van der Waals surface area contributed by atoms with Gasteiger partial charge in [0.25, 0.3) is 15.9 Å². The summed E-state index contributed by atoms with van der Waals surface area (Å²) in [5.74, 6) is -1.71. The average molecular weight is 362 g/mol. The molecule has 0 atom stereocenters. The van der Waals surface area contributed by atoms with Gasteiger partial charge in [-0.15, -0.1) is 0 Å². The minimum atomic E-state index is -4.02. The normalized spacial score (nSPS) is 14.0. The van der Waals surface area contributed by atoms with Crippen LogP contribution in [0.4, 0.5) is 10.1 Å². The SMILES string of the molecule is CN(c1c(F)cccc1C(N)=O)S(=O)(=O)c1ccc2c(c1)CCCC2. The molecule has 132 valence electrons. The van der Waals surface area contributed by atoms with Crippen molar-refractivity contribution in [3.05, 3.63) is 58.9 Å². The summed E-state index contributed by atoms with van der Waals surface area (Å²) in [6, 6.07) is 8.70. The van der Waals surface area contributed by atoms with Crippen LogP contribution >= 0.6 is 0 Å². The van der Waals surface area contributed by atoms with Crippen LogP contribution in [0.1, 0.15) is 34.3 Å². The van der Waals surface area contributed by atoms with Crippen molar-refractivity contribution in [1.29, 1.82) is 0 Å². The van der Waals surface area contributed by atoms with Crippen molar-refractivity contribution >= 4 is 21.6 Å².